The van der Waals surface area contributed by atoms with E-state index >= 15 is 0 Å². The van der Waals surface area contributed by atoms with Gasteiger partial charge in [-0.2, -0.15) is 0 Å². The summed E-state index contributed by atoms with van der Waals surface area (Å²) in [6, 6.07) is 0.641. The summed E-state index contributed by atoms with van der Waals surface area (Å²) in [5.41, 5.74) is 2.89. The molecule has 0 saturated carbocycles. The third-order valence-electron chi connectivity index (χ3n) is 5.48. The van der Waals surface area contributed by atoms with Crippen LogP contribution in [0.2, 0.25) is 0 Å². The van der Waals surface area contributed by atoms with Crippen molar-refractivity contribution in [3.05, 3.63) is 23.3 Å². The van der Waals surface area contributed by atoms with Gasteiger partial charge in [0.2, 0.25) is 11.8 Å². The first-order chi connectivity index (χ1) is 12.0. The minimum atomic E-state index is 0.0802. The van der Waals surface area contributed by atoms with Crippen molar-refractivity contribution in [1.29, 1.82) is 0 Å². The van der Waals surface area contributed by atoms with Crippen molar-refractivity contribution in [3.63, 3.8) is 0 Å². The SMILES string of the molecule is CC(=O)N[C@H]1[C@H](C)C=C(C)C[C@@H]1C.CC(=O)N[C@H]1[C@H](C)CC(C)=C[C@@H]1C. The number of amides is 2. The van der Waals surface area contributed by atoms with Gasteiger partial charge in [0, 0.05) is 25.9 Å². The van der Waals surface area contributed by atoms with E-state index in [2.05, 4.69) is 64.3 Å². The summed E-state index contributed by atoms with van der Waals surface area (Å²) in [5, 5.41) is 6.04. The second-order valence-electron chi connectivity index (χ2n) is 8.56. The lowest BCUT2D eigenvalue weighted by molar-refractivity contribution is -0.121. The fourth-order valence-corrected chi connectivity index (χ4v) is 4.56. The van der Waals surface area contributed by atoms with Crippen LogP contribution in [0.25, 0.3) is 0 Å². The number of hydrogen-bond donors (Lipinski definition) is 2. The Balaban J connectivity index is 0.000000260. The molecule has 0 aliphatic heterocycles. The Hall–Kier alpha value is -1.58. The van der Waals surface area contributed by atoms with E-state index in [1.165, 1.54) is 11.1 Å². The monoisotopic (exact) mass is 362 g/mol. The van der Waals surface area contributed by atoms with Gasteiger partial charge in [-0.1, -0.05) is 51.0 Å². The molecule has 0 aromatic carbocycles. The summed E-state index contributed by atoms with van der Waals surface area (Å²) in [6.45, 7) is 16.2. The number of hydrogen-bond acceptors (Lipinski definition) is 2. The van der Waals surface area contributed by atoms with Gasteiger partial charge >= 0.3 is 0 Å². The summed E-state index contributed by atoms with van der Waals surface area (Å²) in [6.07, 6.45) is 6.74. The van der Waals surface area contributed by atoms with Crippen molar-refractivity contribution in [2.45, 2.75) is 80.3 Å². The highest BCUT2D eigenvalue weighted by atomic mass is 16.2. The molecule has 6 atom stereocenters. The molecule has 0 bridgehead atoms. The third kappa shape index (κ3) is 6.97. The van der Waals surface area contributed by atoms with Gasteiger partial charge in [0.1, 0.15) is 0 Å². The second-order valence-corrected chi connectivity index (χ2v) is 8.56. The predicted octanol–water partition coefficient (Wildman–Crippen LogP) is 4.23. The summed E-state index contributed by atoms with van der Waals surface area (Å²) in [4.78, 5) is 21.9. The number of allylic oxidation sites excluding steroid dienone is 2. The zero-order valence-electron chi connectivity index (χ0n) is 17.8. The van der Waals surface area contributed by atoms with E-state index in [1.54, 1.807) is 13.8 Å². The first kappa shape index (κ1) is 22.5. The summed E-state index contributed by atoms with van der Waals surface area (Å²) < 4.78 is 0. The van der Waals surface area contributed by atoms with Gasteiger partial charge in [-0.3, -0.25) is 9.59 Å². The molecular weight excluding hydrogens is 324 g/mol. The highest BCUT2D eigenvalue weighted by Gasteiger charge is 2.27. The van der Waals surface area contributed by atoms with Gasteiger partial charge in [0.25, 0.3) is 0 Å². The molecule has 4 heteroatoms. The van der Waals surface area contributed by atoms with Crippen LogP contribution < -0.4 is 10.6 Å². The molecule has 2 rings (SSSR count). The van der Waals surface area contributed by atoms with Crippen LogP contribution in [0.15, 0.2) is 23.3 Å². The van der Waals surface area contributed by atoms with E-state index in [9.17, 15) is 9.59 Å². The Morgan fingerprint density at radius 1 is 0.769 bits per heavy atom. The van der Waals surface area contributed by atoms with Crippen LogP contribution in [0.5, 0.6) is 0 Å². The molecular formula is C22H38N2O2. The minimum absolute atomic E-state index is 0.0802. The molecule has 0 saturated heterocycles. The maximum atomic E-state index is 11.0. The van der Waals surface area contributed by atoms with Crippen LogP contribution in [0, 0.1) is 23.7 Å². The Morgan fingerprint density at radius 2 is 1.08 bits per heavy atom. The lowest BCUT2D eigenvalue weighted by Crippen LogP contribution is -2.44. The second kappa shape index (κ2) is 9.94. The van der Waals surface area contributed by atoms with E-state index < -0.39 is 0 Å². The number of carbonyl (C=O) groups excluding carboxylic acids is 2. The summed E-state index contributed by atoms with van der Waals surface area (Å²) >= 11 is 0. The standard InChI is InChI=1S/2C11H19NO/c2*1-7-5-8(2)11(9(3)6-7)12-10(4)13/h2*5,8-9,11H,6H2,1-4H3,(H,12,13)/t2*8-,9+,11+/m10/s1. The quantitative estimate of drug-likeness (QED) is 0.722. The molecule has 2 aliphatic carbocycles. The molecule has 0 heterocycles. The van der Waals surface area contributed by atoms with Gasteiger partial charge in [0.15, 0.2) is 0 Å². The largest absolute Gasteiger partial charge is 0.353 e. The first-order valence-electron chi connectivity index (χ1n) is 9.90. The highest BCUT2D eigenvalue weighted by Crippen LogP contribution is 2.28. The van der Waals surface area contributed by atoms with E-state index in [-0.39, 0.29) is 11.8 Å². The molecule has 2 amide bonds. The molecule has 0 spiro atoms. The lowest BCUT2D eigenvalue weighted by Gasteiger charge is -2.33. The summed E-state index contributed by atoms with van der Waals surface area (Å²) in [7, 11) is 0. The Bertz CT molecular complexity index is 514. The maximum Gasteiger partial charge on any atom is 0.217 e. The number of carbonyl (C=O) groups is 2. The normalized spacial score (nSPS) is 33.8. The minimum Gasteiger partial charge on any atom is -0.353 e. The van der Waals surface area contributed by atoms with Crippen LogP contribution in [0.4, 0.5) is 0 Å². The molecule has 0 unspecified atom stereocenters. The molecule has 0 radical (unpaired) electrons. The van der Waals surface area contributed by atoms with E-state index in [1.807, 2.05) is 0 Å². The van der Waals surface area contributed by atoms with E-state index in [0.717, 1.165) is 12.8 Å². The maximum absolute atomic E-state index is 11.0. The fourth-order valence-electron chi connectivity index (χ4n) is 4.56. The number of rotatable bonds is 2. The van der Waals surface area contributed by atoms with E-state index in [0.29, 0.717) is 35.8 Å². The predicted molar refractivity (Wildman–Crippen MR) is 109 cm³/mol. The van der Waals surface area contributed by atoms with Crippen molar-refractivity contribution in [3.8, 4) is 0 Å². The first-order valence-corrected chi connectivity index (χ1v) is 9.90. The Morgan fingerprint density at radius 3 is 1.31 bits per heavy atom. The van der Waals surface area contributed by atoms with Crippen LogP contribution in [-0.4, -0.2) is 23.9 Å². The average molecular weight is 363 g/mol. The van der Waals surface area contributed by atoms with Crippen LogP contribution >= 0.6 is 0 Å². The van der Waals surface area contributed by atoms with Gasteiger partial charge in [-0.25, -0.2) is 0 Å². The smallest absolute Gasteiger partial charge is 0.217 e. The van der Waals surface area contributed by atoms with Crippen molar-refractivity contribution >= 4 is 11.8 Å². The molecule has 4 nitrogen and oxygen atoms in total. The van der Waals surface area contributed by atoms with Crippen molar-refractivity contribution in [2.24, 2.45) is 23.7 Å². The van der Waals surface area contributed by atoms with Gasteiger partial charge in [0.05, 0.1) is 0 Å². The van der Waals surface area contributed by atoms with E-state index in [4.69, 9.17) is 0 Å². The zero-order chi connectivity index (χ0) is 20.0. The fraction of sp³-hybridized carbons (Fsp3) is 0.727. The topological polar surface area (TPSA) is 58.2 Å². The summed E-state index contributed by atoms with van der Waals surface area (Å²) in [5.74, 6) is 2.21. The van der Waals surface area contributed by atoms with Crippen LogP contribution in [0.1, 0.15) is 68.2 Å². The van der Waals surface area contributed by atoms with Crippen LogP contribution in [0.3, 0.4) is 0 Å². The molecule has 0 aromatic heterocycles. The third-order valence-corrected chi connectivity index (χ3v) is 5.48. The molecule has 0 fully saturated rings. The van der Waals surface area contributed by atoms with Crippen LogP contribution in [-0.2, 0) is 9.59 Å². The molecule has 2 aliphatic rings. The Kier molecular flexibility index (Phi) is 8.58. The Labute approximate surface area is 159 Å². The average Bonchev–Trinajstić information content (AvgIpc) is 2.47. The molecule has 0 aromatic rings. The van der Waals surface area contributed by atoms with Crippen molar-refractivity contribution in [1.82, 2.24) is 10.6 Å². The van der Waals surface area contributed by atoms with Crippen molar-refractivity contribution < 1.29 is 9.59 Å². The number of nitrogens with one attached hydrogen (secondary N) is 2. The highest BCUT2D eigenvalue weighted by molar-refractivity contribution is 5.73. The van der Waals surface area contributed by atoms with Gasteiger partial charge in [-0.05, 0) is 50.4 Å². The molecule has 26 heavy (non-hydrogen) atoms. The molecule has 148 valence electrons. The van der Waals surface area contributed by atoms with Gasteiger partial charge in [-0.15, -0.1) is 0 Å². The zero-order valence-corrected chi connectivity index (χ0v) is 17.8. The lowest BCUT2D eigenvalue weighted by atomic mass is 9.80. The van der Waals surface area contributed by atoms with Crippen molar-refractivity contribution in [2.75, 3.05) is 0 Å². The van der Waals surface area contributed by atoms with Gasteiger partial charge < -0.3 is 10.6 Å². The molecule has 2 N–H and O–H groups in total.